The lowest BCUT2D eigenvalue weighted by atomic mass is 9.73. The van der Waals surface area contributed by atoms with Crippen LogP contribution in [0.4, 0.5) is 0 Å². The third-order valence-corrected chi connectivity index (χ3v) is 4.70. The smallest absolute Gasteiger partial charge is 0.0471 e. The number of hydrogen-bond donors (Lipinski definition) is 1. The summed E-state index contributed by atoms with van der Waals surface area (Å²) in [4.78, 5) is 0. The predicted molar refractivity (Wildman–Crippen MR) is 85.4 cm³/mol. The number of ether oxygens (including phenoxy) is 1. The van der Waals surface area contributed by atoms with Gasteiger partial charge in [0.25, 0.3) is 0 Å². The van der Waals surface area contributed by atoms with Crippen molar-refractivity contribution in [3.63, 3.8) is 0 Å². The van der Waals surface area contributed by atoms with Gasteiger partial charge in [-0.3, -0.25) is 0 Å². The highest BCUT2D eigenvalue weighted by Gasteiger charge is 2.33. The first kappa shape index (κ1) is 15.5. The standard InChI is InChI=1S/C18H29NO/c1-5-19-13-18(6-8-20-9-7-18)12-17-15(3)10-14(2)11-16(17)4/h10-11,19H,5-9,12-13H2,1-4H3. The molecule has 1 aromatic carbocycles. The number of hydrogen-bond acceptors (Lipinski definition) is 2. The zero-order valence-electron chi connectivity index (χ0n) is 13.5. The van der Waals surface area contributed by atoms with Crippen LogP contribution in [0.5, 0.6) is 0 Å². The fraction of sp³-hybridized carbons (Fsp3) is 0.667. The quantitative estimate of drug-likeness (QED) is 0.887. The minimum atomic E-state index is 0.374. The van der Waals surface area contributed by atoms with Crippen molar-refractivity contribution in [2.24, 2.45) is 5.41 Å². The molecule has 1 N–H and O–H groups in total. The summed E-state index contributed by atoms with van der Waals surface area (Å²) in [6, 6.07) is 4.64. The van der Waals surface area contributed by atoms with E-state index < -0.39 is 0 Å². The summed E-state index contributed by atoms with van der Waals surface area (Å²) >= 11 is 0. The lowest BCUT2D eigenvalue weighted by Gasteiger charge is -2.38. The van der Waals surface area contributed by atoms with Crippen LogP contribution in [0.15, 0.2) is 12.1 Å². The first-order chi connectivity index (χ1) is 9.56. The Morgan fingerprint density at radius 1 is 1.10 bits per heavy atom. The summed E-state index contributed by atoms with van der Waals surface area (Å²) in [6.07, 6.45) is 3.53. The zero-order valence-corrected chi connectivity index (χ0v) is 13.5. The summed E-state index contributed by atoms with van der Waals surface area (Å²) in [5.74, 6) is 0. The van der Waals surface area contributed by atoms with Crippen molar-refractivity contribution >= 4 is 0 Å². The van der Waals surface area contributed by atoms with E-state index in [-0.39, 0.29) is 0 Å². The minimum Gasteiger partial charge on any atom is -0.381 e. The van der Waals surface area contributed by atoms with Gasteiger partial charge < -0.3 is 10.1 Å². The summed E-state index contributed by atoms with van der Waals surface area (Å²) in [5, 5.41) is 3.57. The Kier molecular flexibility index (Phi) is 5.22. The van der Waals surface area contributed by atoms with E-state index in [0.29, 0.717) is 5.41 Å². The van der Waals surface area contributed by atoms with Crippen molar-refractivity contribution in [2.75, 3.05) is 26.3 Å². The fourth-order valence-corrected chi connectivity index (χ4v) is 3.47. The molecule has 0 spiro atoms. The summed E-state index contributed by atoms with van der Waals surface area (Å²) < 4.78 is 5.59. The topological polar surface area (TPSA) is 21.3 Å². The molecule has 1 aliphatic rings. The van der Waals surface area contributed by atoms with Crippen LogP contribution in [0.3, 0.4) is 0 Å². The maximum absolute atomic E-state index is 5.59. The molecule has 1 saturated heterocycles. The fourth-order valence-electron chi connectivity index (χ4n) is 3.47. The lowest BCUT2D eigenvalue weighted by molar-refractivity contribution is 0.0150. The van der Waals surface area contributed by atoms with Crippen LogP contribution >= 0.6 is 0 Å². The highest BCUT2D eigenvalue weighted by atomic mass is 16.5. The minimum absolute atomic E-state index is 0.374. The van der Waals surface area contributed by atoms with Crippen LogP contribution in [0.25, 0.3) is 0 Å². The Morgan fingerprint density at radius 3 is 2.25 bits per heavy atom. The second-order valence-electron chi connectivity index (χ2n) is 6.45. The second kappa shape index (κ2) is 6.73. The molecule has 2 nitrogen and oxygen atoms in total. The monoisotopic (exact) mass is 275 g/mol. The van der Waals surface area contributed by atoms with Gasteiger partial charge in [0, 0.05) is 19.8 Å². The average Bonchev–Trinajstić information content (AvgIpc) is 2.42. The van der Waals surface area contributed by atoms with E-state index >= 15 is 0 Å². The molecule has 0 radical (unpaired) electrons. The van der Waals surface area contributed by atoms with Gasteiger partial charge in [0.15, 0.2) is 0 Å². The zero-order chi connectivity index (χ0) is 14.6. The molecule has 1 aromatic rings. The number of benzene rings is 1. The third-order valence-electron chi connectivity index (χ3n) is 4.70. The molecule has 0 atom stereocenters. The summed E-state index contributed by atoms with van der Waals surface area (Å²) in [5.41, 5.74) is 6.19. The third kappa shape index (κ3) is 3.62. The highest BCUT2D eigenvalue weighted by molar-refractivity contribution is 5.38. The Hall–Kier alpha value is -0.860. The first-order valence-electron chi connectivity index (χ1n) is 7.91. The molecule has 1 fully saturated rings. The van der Waals surface area contributed by atoms with Crippen molar-refractivity contribution in [3.8, 4) is 0 Å². The van der Waals surface area contributed by atoms with Crippen LogP contribution in [0, 0.1) is 26.2 Å². The largest absolute Gasteiger partial charge is 0.381 e. The van der Waals surface area contributed by atoms with E-state index in [1.165, 1.54) is 36.0 Å². The number of rotatable bonds is 5. The van der Waals surface area contributed by atoms with Gasteiger partial charge >= 0.3 is 0 Å². The lowest BCUT2D eigenvalue weighted by Crippen LogP contribution is -2.41. The van der Waals surface area contributed by atoms with Gasteiger partial charge in [-0.2, -0.15) is 0 Å². The Labute approximate surface area is 123 Å². The molecule has 1 aliphatic heterocycles. The van der Waals surface area contributed by atoms with E-state index in [4.69, 9.17) is 4.74 Å². The van der Waals surface area contributed by atoms with Crippen LogP contribution < -0.4 is 5.32 Å². The van der Waals surface area contributed by atoms with E-state index in [1.807, 2.05) is 0 Å². The van der Waals surface area contributed by atoms with E-state index in [1.54, 1.807) is 5.56 Å². The van der Waals surface area contributed by atoms with Crippen molar-refractivity contribution in [2.45, 2.75) is 47.0 Å². The van der Waals surface area contributed by atoms with Gasteiger partial charge in [0.05, 0.1) is 0 Å². The van der Waals surface area contributed by atoms with Crippen molar-refractivity contribution in [1.29, 1.82) is 0 Å². The van der Waals surface area contributed by atoms with Crippen LogP contribution in [0.2, 0.25) is 0 Å². The molecule has 2 rings (SSSR count). The number of nitrogens with one attached hydrogen (secondary N) is 1. The highest BCUT2D eigenvalue weighted by Crippen LogP contribution is 2.35. The molecule has 0 unspecified atom stereocenters. The van der Waals surface area contributed by atoms with Crippen LogP contribution in [-0.4, -0.2) is 26.3 Å². The van der Waals surface area contributed by atoms with Crippen molar-refractivity contribution < 1.29 is 4.74 Å². The molecule has 0 amide bonds. The second-order valence-corrected chi connectivity index (χ2v) is 6.45. The molecule has 0 bridgehead atoms. The van der Waals surface area contributed by atoms with Gasteiger partial charge in [-0.05, 0) is 68.7 Å². The van der Waals surface area contributed by atoms with Gasteiger partial charge in [-0.1, -0.05) is 24.6 Å². The SMILES string of the molecule is CCNCC1(Cc2c(C)cc(C)cc2C)CCOCC1. The molecule has 0 aromatic heterocycles. The maximum atomic E-state index is 5.59. The molecular weight excluding hydrogens is 246 g/mol. The summed E-state index contributed by atoms with van der Waals surface area (Å²) in [7, 11) is 0. The average molecular weight is 275 g/mol. The normalized spacial score (nSPS) is 18.2. The van der Waals surface area contributed by atoms with Gasteiger partial charge in [0.1, 0.15) is 0 Å². The van der Waals surface area contributed by atoms with Gasteiger partial charge in [-0.15, -0.1) is 0 Å². The molecular formula is C18H29NO. The Balaban J connectivity index is 2.23. The van der Waals surface area contributed by atoms with E-state index in [2.05, 4.69) is 45.1 Å². The van der Waals surface area contributed by atoms with Gasteiger partial charge in [0.2, 0.25) is 0 Å². The molecule has 20 heavy (non-hydrogen) atoms. The first-order valence-corrected chi connectivity index (χ1v) is 7.91. The molecule has 0 saturated carbocycles. The van der Waals surface area contributed by atoms with Crippen LogP contribution in [-0.2, 0) is 11.2 Å². The van der Waals surface area contributed by atoms with E-state index in [0.717, 1.165) is 26.3 Å². The van der Waals surface area contributed by atoms with Crippen molar-refractivity contribution in [1.82, 2.24) is 5.32 Å². The Bertz CT molecular complexity index is 424. The molecule has 0 aliphatic carbocycles. The van der Waals surface area contributed by atoms with Crippen LogP contribution in [0.1, 0.15) is 42.0 Å². The van der Waals surface area contributed by atoms with Crippen molar-refractivity contribution in [3.05, 3.63) is 34.4 Å². The number of aryl methyl sites for hydroxylation is 3. The molecule has 1 heterocycles. The molecule has 2 heteroatoms. The van der Waals surface area contributed by atoms with Gasteiger partial charge in [-0.25, -0.2) is 0 Å². The Morgan fingerprint density at radius 2 is 1.70 bits per heavy atom. The molecule has 112 valence electrons. The predicted octanol–water partition coefficient (Wildman–Crippen LogP) is 3.56. The van der Waals surface area contributed by atoms with E-state index in [9.17, 15) is 0 Å². The summed E-state index contributed by atoms with van der Waals surface area (Å²) in [6.45, 7) is 12.9. The maximum Gasteiger partial charge on any atom is 0.0471 e.